The predicted octanol–water partition coefficient (Wildman–Crippen LogP) is 2.03. The first-order valence-corrected chi connectivity index (χ1v) is 6.84. The van der Waals surface area contributed by atoms with Crippen molar-refractivity contribution in [2.75, 3.05) is 6.61 Å². The molecular weight excluding hydrogens is 296 g/mol. The SMILES string of the molecule is C=CCOc1ccc(C(=O)NNC(=O)c2ccccc2O)cc1. The van der Waals surface area contributed by atoms with Gasteiger partial charge in [-0.05, 0) is 36.4 Å². The number of ether oxygens (including phenoxy) is 1. The van der Waals surface area contributed by atoms with Crippen molar-refractivity contribution >= 4 is 11.8 Å². The molecular formula is C17H16N2O4. The molecule has 0 heterocycles. The summed E-state index contributed by atoms with van der Waals surface area (Å²) in [7, 11) is 0. The summed E-state index contributed by atoms with van der Waals surface area (Å²) in [6, 6.07) is 12.5. The van der Waals surface area contributed by atoms with Gasteiger partial charge in [-0.15, -0.1) is 0 Å². The predicted molar refractivity (Wildman–Crippen MR) is 85.2 cm³/mol. The van der Waals surface area contributed by atoms with Crippen molar-refractivity contribution in [3.05, 3.63) is 72.3 Å². The van der Waals surface area contributed by atoms with E-state index in [-0.39, 0.29) is 11.3 Å². The van der Waals surface area contributed by atoms with Gasteiger partial charge in [-0.1, -0.05) is 24.8 Å². The van der Waals surface area contributed by atoms with Crippen molar-refractivity contribution in [3.8, 4) is 11.5 Å². The highest BCUT2D eigenvalue weighted by molar-refractivity contribution is 6.00. The lowest BCUT2D eigenvalue weighted by Gasteiger charge is -2.09. The number of aromatic hydroxyl groups is 1. The average Bonchev–Trinajstić information content (AvgIpc) is 2.58. The lowest BCUT2D eigenvalue weighted by Crippen LogP contribution is -2.41. The van der Waals surface area contributed by atoms with Crippen molar-refractivity contribution < 1.29 is 19.4 Å². The van der Waals surface area contributed by atoms with Gasteiger partial charge in [0.1, 0.15) is 18.1 Å². The molecule has 6 heteroatoms. The minimum atomic E-state index is -0.609. The lowest BCUT2D eigenvalue weighted by atomic mass is 10.2. The third-order valence-electron chi connectivity index (χ3n) is 2.92. The van der Waals surface area contributed by atoms with Crippen LogP contribution in [0.2, 0.25) is 0 Å². The summed E-state index contributed by atoms with van der Waals surface area (Å²) >= 11 is 0. The van der Waals surface area contributed by atoms with Gasteiger partial charge in [0.15, 0.2) is 0 Å². The summed E-state index contributed by atoms with van der Waals surface area (Å²) in [5, 5.41) is 9.57. The van der Waals surface area contributed by atoms with Gasteiger partial charge in [0.25, 0.3) is 11.8 Å². The van der Waals surface area contributed by atoms with E-state index < -0.39 is 11.8 Å². The van der Waals surface area contributed by atoms with E-state index in [2.05, 4.69) is 17.4 Å². The Morgan fingerprint density at radius 2 is 1.70 bits per heavy atom. The zero-order chi connectivity index (χ0) is 16.7. The van der Waals surface area contributed by atoms with Crippen LogP contribution in [0.1, 0.15) is 20.7 Å². The smallest absolute Gasteiger partial charge is 0.273 e. The van der Waals surface area contributed by atoms with Gasteiger partial charge >= 0.3 is 0 Å². The third kappa shape index (κ3) is 4.34. The Morgan fingerprint density at radius 3 is 2.35 bits per heavy atom. The van der Waals surface area contributed by atoms with Crippen LogP contribution < -0.4 is 15.6 Å². The largest absolute Gasteiger partial charge is 0.507 e. The summed E-state index contributed by atoms with van der Waals surface area (Å²) < 4.78 is 5.31. The fourth-order valence-electron chi connectivity index (χ4n) is 1.78. The number of phenols is 1. The first-order chi connectivity index (χ1) is 11.1. The molecule has 118 valence electrons. The second kappa shape index (κ2) is 7.65. The first kappa shape index (κ1) is 16.1. The summed E-state index contributed by atoms with van der Waals surface area (Å²) in [6.07, 6.45) is 1.62. The van der Waals surface area contributed by atoms with E-state index in [1.54, 1.807) is 42.5 Å². The molecule has 0 bridgehead atoms. The number of carbonyl (C=O) groups is 2. The quantitative estimate of drug-likeness (QED) is 0.582. The molecule has 6 nitrogen and oxygen atoms in total. The fourth-order valence-corrected chi connectivity index (χ4v) is 1.78. The molecule has 0 atom stereocenters. The van der Waals surface area contributed by atoms with E-state index in [4.69, 9.17) is 4.74 Å². The highest BCUT2D eigenvalue weighted by atomic mass is 16.5. The average molecular weight is 312 g/mol. The Balaban J connectivity index is 1.93. The molecule has 2 aromatic rings. The standard InChI is InChI=1S/C17H16N2O4/c1-2-11-23-13-9-7-12(8-10-13)16(21)18-19-17(22)14-5-3-4-6-15(14)20/h2-10,20H,1,11H2,(H,18,21)(H,19,22). The van der Waals surface area contributed by atoms with E-state index in [1.807, 2.05) is 0 Å². The fraction of sp³-hybridized carbons (Fsp3) is 0.0588. The Hall–Kier alpha value is -3.28. The summed E-state index contributed by atoms with van der Waals surface area (Å²) in [5.74, 6) is -0.644. The number of carbonyl (C=O) groups excluding carboxylic acids is 2. The number of nitrogens with one attached hydrogen (secondary N) is 2. The number of para-hydroxylation sites is 1. The number of hydrazine groups is 1. The zero-order valence-corrected chi connectivity index (χ0v) is 12.3. The molecule has 2 rings (SSSR count). The van der Waals surface area contributed by atoms with Crippen LogP contribution in [0.4, 0.5) is 0 Å². The van der Waals surface area contributed by atoms with E-state index in [1.165, 1.54) is 12.1 Å². The maximum atomic E-state index is 11.9. The van der Waals surface area contributed by atoms with Gasteiger partial charge in [-0.25, -0.2) is 0 Å². The highest BCUT2D eigenvalue weighted by Crippen LogP contribution is 2.15. The maximum Gasteiger partial charge on any atom is 0.273 e. The molecule has 0 radical (unpaired) electrons. The third-order valence-corrected chi connectivity index (χ3v) is 2.92. The molecule has 2 amide bonds. The molecule has 3 N–H and O–H groups in total. The topological polar surface area (TPSA) is 87.7 Å². The molecule has 23 heavy (non-hydrogen) atoms. The Bertz CT molecular complexity index is 711. The van der Waals surface area contributed by atoms with Crippen molar-refractivity contribution in [2.45, 2.75) is 0 Å². The normalized spacial score (nSPS) is 9.74. The van der Waals surface area contributed by atoms with Crippen molar-refractivity contribution in [2.24, 2.45) is 0 Å². The van der Waals surface area contributed by atoms with Gasteiger partial charge < -0.3 is 9.84 Å². The molecule has 2 aromatic carbocycles. The molecule has 0 saturated heterocycles. The van der Waals surface area contributed by atoms with Crippen LogP contribution in [0.25, 0.3) is 0 Å². The maximum absolute atomic E-state index is 11.9. The number of phenolic OH excluding ortho intramolecular Hbond substituents is 1. The van der Waals surface area contributed by atoms with Crippen molar-refractivity contribution in [1.29, 1.82) is 0 Å². The summed E-state index contributed by atoms with van der Waals surface area (Å²) in [5.41, 5.74) is 4.95. The van der Waals surface area contributed by atoms with E-state index >= 15 is 0 Å². The monoisotopic (exact) mass is 312 g/mol. The zero-order valence-electron chi connectivity index (χ0n) is 12.3. The van der Waals surface area contributed by atoms with Crippen molar-refractivity contribution in [3.63, 3.8) is 0 Å². The summed E-state index contributed by atoms with van der Waals surface area (Å²) in [4.78, 5) is 23.8. The van der Waals surface area contributed by atoms with E-state index in [9.17, 15) is 14.7 Å². The molecule has 0 unspecified atom stereocenters. The number of rotatable bonds is 5. The Kier molecular flexibility index (Phi) is 5.35. The first-order valence-electron chi connectivity index (χ1n) is 6.84. The van der Waals surface area contributed by atoms with E-state index in [0.717, 1.165) is 0 Å². The Morgan fingerprint density at radius 1 is 1.04 bits per heavy atom. The van der Waals surface area contributed by atoms with Gasteiger partial charge in [-0.2, -0.15) is 0 Å². The van der Waals surface area contributed by atoms with Crippen LogP contribution >= 0.6 is 0 Å². The van der Waals surface area contributed by atoms with Crippen LogP contribution in [0.15, 0.2) is 61.2 Å². The van der Waals surface area contributed by atoms with E-state index in [0.29, 0.717) is 17.9 Å². The molecule has 0 aliphatic carbocycles. The van der Waals surface area contributed by atoms with Crippen LogP contribution in [0.5, 0.6) is 11.5 Å². The number of amides is 2. The van der Waals surface area contributed by atoms with Crippen molar-refractivity contribution in [1.82, 2.24) is 10.9 Å². The molecule has 0 saturated carbocycles. The van der Waals surface area contributed by atoms with Gasteiger partial charge in [0, 0.05) is 5.56 Å². The molecule has 0 fully saturated rings. The van der Waals surface area contributed by atoms with Crippen LogP contribution in [0.3, 0.4) is 0 Å². The van der Waals surface area contributed by atoms with Crippen LogP contribution in [-0.4, -0.2) is 23.5 Å². The highest BCUT2D eigenvalue weighted by Gasteiger charge is 2.12. The number of hydrogen-bond donors (Lipinski definition) is 3. The Labute approximate surface area is 133 Å². The summed E-state index contributed by atoms with van der Waals surface area (Å²) in [6.45, 7) is 3.92. The molecule has 0 aromatic heterocycles. The number of hydrogen-bond acceptors (Lipinski definition) is 4. The second-order valence-corrected chi connectivity index (χ2v) is 4.55. The van der Waals surface area contributed by atoms with Gasteiger partial charge in [-0.3, -0.25) is 20.4 Å². The minimum Gasteiger partial charge on any atom is -0.507 e. The van der Waals surface area contributed by atoms with Crippen LogP contribution in [0, 0.1) is 0 Å². The van der Waals surface area contributed by atoms with Gasteiger partial charge in [0.2, 0.25) is 0 Å². The second-order valence-electron chi connectivity index (χ2n) is 4.55. The van der Waals surface area contributed by atoms with Gasteiger partial charge in [0.05, 0.1) is 5.56 Å². The minimum absolute atomic E-state index is 0.0703. The molecule has 0 spiro atoms. The van der Waals surface area contributed by atoms with Crippen LogP contribution in [-0.2, 0) is 0 Å². The molecule has 0 aliphatic heterocycles. The lowest BCUT2D eigenvalue weighted by molar-refractivity contribution is 0.0845. The molecule has 0 aliphatic rings. The number of benzene rings is 2.